The topological polar surface area (TPSA) is 75.8 Å². The molecule has 2 N–H and O–H groups in total. The fourth-order valence-corrected chi connectivity index (χ4v) is 2.98. The summed E-state index contributed by atoms with van der Waals surface area (Å²) in [6.45, 7) is 4.41. The molecule has 0 spiro atoms. The van der Waals surface area contributed by atoms with Crippen LogP contribution in [0.3, 0.4) is 0 Å². The maximum Gasteiger partial charge on any atom is 0.229 e. The third kappa shape index (κ3) is 2.14. The number of anilines is 1. The van der Waals surface area contributed by atoms with Gasteiger partial charge in [0, 0.05) is 5.41 Å². The summed E-state index contributed by atoms with van der Waals surface area (Å²) in [5.74, 6) is 1.43. The van der Waals surface area contributed by atoms with Gasteiger partial charge >= 0.3 is 0 Å². The summed E-state index contributed by atoms with van der Waals surface area (Å²) in [5, 5.41) is 8.89. The minimum Gasteiger partial charge on any atom is -0.423 e. The quantitative estimate of drug-likeness (QED) is 0.870. The largest absolute Gasteiger partial charge is 0.423 e. The standard InChI is InChI=1S/C13H19N3O/c1-9(2)7-13(5-3-4-6-13)12-16-10(8-14)11(15)17-12/h9H,3-7,15H2,1-2H3. The van der Waals surface area contributed by atoms with Crippen LogP contribution in [0.1, 0.15) is 57.5 Å². The van der Waals surface area contributed by atoms with Crippen LogP contribution in [0.15, 0.2) is 4.42 Å². The molecule has 1 aromatic rings. The summed E-state index contributed by atoms with van der Waals surface area (Å²) >= 11 is 0. The zero-order valence-corrected chi connectivity index (χ0v) is 10.5. The van der Waals surface area contributed by atoms with Crippen LogP contribution in [0.2, 0.25) is 0 Å². The number of nitriles is 1. The van der Waals surface area contributed by atoms with Crippen molar-refractivity contribution in [1.82, 2.24) is 4.98 Å². The van der Waals surface area contributed by atoms with E-state index in [4.69, 9.17) is 15.4 Å². The lowest BCUT2D eigenvalue weighted by Crippen LogP contribution is -2.24. The first-order valence-corrected chi connectivity index (χ1v) is 6.24. The van der Waals surface area contributed by atoms with Gasteiger partial charge in [-0.3, -0.25) is 0 Å². The molecule has 2 rings (SSSR count). The molecule has 1 aliphatic carbocycles. The van der Waals surface area contributed by atoms with Gasteiger partial charge in [-0.15, -0.1) is 0 Å². The van der Waals surface area contributed by atoms with Crippen molar-refractivity contribution in [2.24, 2.45) is 5.92 Å². The van der Waals surface area contributed by atoms with Gasteiger partial charge in [0.15, 0.2) is 0 Å². The summed E-state index contributed by atoms with van der Waals surface area (Å²) in [6.07, 6.45) is 5.65. The molecule has 92 valence electrons. The second kappa shape index (κ2) is 4.40. The third-order valence-corrected chi connectivity index (χ3v) is 3.57. The van der Waals surface area contributed by atoms with Crippen molar-refractivity contribution in [3.8, 4) is 6.07 Å². The molecule has 4 nitrogen and oxygen atoms in total. The summed E-state index contributed by atoms with van der Waals surface area (Å²) in [4.78, 5) is 4.28. The van der Waals surface area contributed by atoms with Gasteiger partial charge in [-0.25, -0.2) is 0 Å². The average molecular weight is 233 g/mol. The number of hydrogen-bond acceptors (Lipinski definition) is 4. The first kappa shape index (κ1) is 12.0. The Morgan fingerprint density at radius 1 is 1.47 bits per heavy atom. The maximum absolute atomic E-state index is 8.89. The molecule has 1 fully saturated rings. The van der Waals surface area contributed by atoms with Gasteiger partial charge < -0.3 is 10.2 Å². The van der Waals surface area contributed by atoms with E-state index in [0.717, 1.165) is 19.3 Å². The van der Waals surface area contributed by atoms with E-state index in [1.807, 2.05) is 6.07 Å². The minimum absolute atomic E-state index is 0.0113. The normalized spacial score (nSPS) is 18.5. The van der Waals surface area contributed by atoms with Crippen LogP contribution in [0.4, 0.5) is 5.88 Å². The van der Waals surface area contributed by atoms with E-state index in [-0.39, 0.29) is 17.0 Å². The van der Waals surface area contributed by atoms with Crippen LogP contribution in [-0.4, -0.2) is 4.98 Å². The number of nitrogen functional groups attached to an aromatic ring is 1. The number of nitrogens with zero attached hydrogens (tertiary/aromatic N) is 2. The Morgan fingerprint density at radius 2 is 2.12 bits per heavy atom. The smallest absolute Gasteiger partial charge is 0.229 e. The van der Waals surface area contributed by atoms with Crippen molar-refractivity contribution in [2.75, 3.05) is 5.73 Å². The lowest BCUT2D eigenvalue weighted by molar-refractivity contribution is 0.277. The second-order valence-electron chi connectivity index (χ2n) is 5.43. The van der Waals surface area contributed by atoms with E-state index in [2.05, 4.69) is 18.8 Å². The van der Waals surface area contributed by atoms with Gasteiger partial charge in [0.05, 0.1) is 0 Å². The van der Waals surface area contributed by atoms with Crippen LogP contribution >= 0.6 is 0 Å². The number of aromatic nitrogens is 1. The molecule has 0 saturated heterocycles. The van der Waals surface area contributed by atoms with Crippen molar-refractivity contribution < 1.29 is 4.42 Å². The van der Waals surface area contributed by atoms with Gasteiger partial charge in [-0.05, 0) is 25.2 Å². The van der Waals surface area contributed by atoms with Gasteiger partial charge in [0.1, 0.15) is 6.07 Å². The van der Waals surface area contributed by atoms with E-state index in [1.54, 1.807) is 0 Å². The van der Waals surface area contributed by atoms with Crippen LogP contribution in [0, 0.1) is 17.2 Å². The van der Waals surface area contributed by atoms with Gasteiger partial charge in [0.2, 0.25) is 17.5 Å². The zero-order chi connectivity index (χ0) is 12.5. The van der Waals surface area contributed by atoms with Crippen molar-refractivity contribution >= 4 is 5.88 Å². The van der Waals surface area contributed by atoms with Crippen molar-refractivity contribution in [1.29, 1.82) is 5.26 Å². The molecule has 0 aliphatic heterocycles. The molecule has 1 aliphatic rings. The lowest BCUT2D eigenvalue weighted by Gasteiger charge is -2.27. The molecule has 0 amide bonds. The van der Waals surface area contributed by atoms with Gasteiger partial charge in [-0.1, -0.05) is 26.7 Å². The molecule has 1 saturated carbocycles. The molecule has 0 unspecified atom stereocenters. The highest BCUT2D eigenvalue weighted by molar-refractivity contribution is 5.41. The highest BCUT2D eigenvalue weighted by Crippen LogP contribution is 2.45. The summed E-state index contributed by atoms with van der Waals surface area (Å²) < 4.78 is 5.54. The molecule has 0 aromatic carbocycles. The Morgan fingerprint density at radius 3 is 2.59 bits per heavy atom. The number of rotatable bonds is 3. The molecule has 1 aromatic heterocycles. The third-order valence-electron chi connectivity index (χ3n) is 3.57. The molecule has 17 heavy (non-hydrogen) atoms. The fraction of sp³-hybridized carbons (Fsp3) is 0.692. The highest BCUT2D eigenvalue weighted by Gasteiger charge is 2.41. The van der Waals surface area contributed by atoms with Crippen LogP contribution in [-0.2, 0) is 5.41 Å². The van der Waals surface area contributed by atoms with E-state index in [0.29, 0.717) is 11.8 Å². The highest BCUT2D eigenvalue weighted by atomic mass is 16.4. The van der Waals surface area contributed by atoms with Crippen LogP contribution in [0.5, 0.6) is 0 Å². The lowest BCUT2D eigenvalue weighted by atomic mass is 9.78. The maximum atomic E-state index is 8.89. The molecule has 4 heteroatoms. The van der Waals surface area contributed by atoms with E-state index in [9.17, 15) is 0 Å². The Hall–Kier alpha value is -1.50. The van der Waals surface area contributed by atoms with Gasteiger partial charge in [-0.2, -0.15) is 10.2 Å². The molecule has 0 radical (unpaired) electrons. The van der Waals surface area contributed by atoms with Crippen LogP contribution in [0.25, 0.3) is 0 Å². The van der Waals surface area contributed by atoms with E-state index >= 15 is 0 Å². The molecular weight excluding hydrogens is 214 g/mol. The predicted octanol–water partition coefficient (Wildman–Crippen LogP) is 2.99. The van der Waals surface area contributed by atoms with E-state index < -0.39 is 0 Å². The molecular formula is C13H19N3O. The summed E-state index contributed by atoms with van der Waals surface area (Å²) in [6, 6.07) is 1.98. The van der Waals surface area contributed by atoms with Crippen molar-refractivity contribution in [3.63, 3.8) is 0 Å². The summed E-state index contributed by atoms with van der Waals surface area (Å²) in [7, 11) is 0. The molecule has 0 atom stereocenters. The first-order valence-electron chi connectivity index (χ1n) is 6.24. The van der Waals surface area contributed by atoms with E-state index in [1.165, 1.54) is 12.8 Å². The summed E-state index contributed by atoms with van der Waals surface area (Å²) in [5.41, 5.74) is 5.90. The Kier molecular flexibility index (Phi) is 3.10. The minimum atomic E-state index is 0.0113. The average Bonchev–Trinajstić information content (AvgIpc) is 2.85. The number of hydrogen-bond donors (Lipinski definition) is 1. The Labute approximate surface area is 102 Å². The van der Waals surface area contributed by atoms with Gasteiger partial charge in [0.25, 0.3) is 0 Å². The van der Waals surface area contributed by atoms with Crippen molar-refractivity contribution in [3.05, 3.63) is 11.6 Å². The zero-order valence-electron chi connectivity index (χ0n) is 10.5. The Balaban J connectivity index is 2.36. The molecule has 1 heterocycles. The number of oxazole rings is 1. The van der Waals surface area contributed by atoms with Crippen LogP contribution < -0.4 is 5.73 Å². The Bertz CT molecular complexity index is 436. The number of nitrogens with two attached hydrogens (primary N) is 1. The fourth-order valence-electron chi connectivity index (χ4n) is 2.98. The van der Waals surface area contributed by atoms with Crippen molar-refractivity contribution in [2.45, 2.75) is 51.4 Å². The second-order valence-corrected chi connectivity index (χ2v) is 5.43. The monoisotopic (exact) mass is 233 g/mol. The SMILES string of the molecule is CC(C)CC1(c2nc(C#N)c(N)o2)CCCC1. The first-order chi connectivity index (χ1) is 8.07. The molecule has 0 bridgehead atoms. The predicted molar refractivity (Wildman–Crippen MR) is 65.2 cm³/mol.